The zero-order valence-electron chi connectivity index (χ0n) is 12.3. The molecule has 0 aromatic heterocycles. The number of carbonyl (C=O) groups excluding carboxylic acids is 2. The molecule has 6 heteroatoms. The first-order valence-electron chi connectivity index (χ1n) is 6.99. The van der Waals surface area contributed by atoms with Gasteiger partial charge in [-0.15, -0.1) is 0 Å². The van der Waals surface area contributed by atoms with Gasteiger partial charge in [0.25, 0.3) is 0 Å². The number of nitrogens with zero attached hydrogens (tertiary/aromatic N) is 2. The SMILES string of the molecule is CN(C)CCNC(=O)C1CCC(=O)N1c1ccc(Cl)cc1. The zero-order chi connectivity index (χ0) is 15.4. The quantitative estimate of drug-likeness (QED) is 0.897. The number of rotatable bonds is 5. The van der Waals surface area contributed by atoms with Gasteiger partial charge in [-0.25, -0.2) is 0 Å². The first-order chi connectivity index (χ1) is 9.99. The summed E-state index contributed by atoms with van der Waals surface area (Å²) in [5.74, 6) is -0.122. The van der Waals surface area contributed by atoms with Crippen LogP contribution in [0.3, 0.4) is 0 Å². The molecule has 0 saturated carbocycles. The standard InChI is InChI=1S/C15H20ClN3O2/c1-18(2)10-9-17-15(21)13-7-8-14(20)19(13)12-5-3-11(16)4-6-12/h3-6,13H,7-10H2,1-2H3,(H,17,21). The Morgan fingerprint density at radius 1 is 1.38 bits per heavy atom. The number of hydrogen-bond donors (Lipinski definition) is 1. The highest BCUT2D eigenvalue weighted by molar-refractivity contribution is 6.30. The fraction of sp³-hybridized carbons (Fsp3) is 0.467. The topological polar surface area (TPSA) is 52.7 Å². The van der Waals surface area contributed by atoms with Gasteiger partial charge in [-0.05, 0) is 44.8 Å². The first-order valence-corrected chi connectivity index (χ1v) is 7.37. The largest absolute Gasteiger partial charge is 0.353 e. The number of halogens is 1. The van der Waals surface area contributed by atoms with E-state index in [0.29, 0.717) is 24.4 Å². The van der Waals surface area contributed by atoms with E-state index in [1.165, 1.54) is 0 Å². The van der Waals surface area contributed by atoms with Crippen LogP contribution >= 0.6 is 11.6 Å². The number of hydrogen-bond acceptors (Lipinski definition) is 3. The Morgan fingerprint density at radius 3 is 2.67 bits per heavy atom. The van der Waals surface area contributed by atoms with Crippen molar-refractivity contribution in [3.63, 3.8) is 0 Å². The van der Waals surface area contributed by atoms with Gasteiger partial charge in [0.1, 0.15) is 6.04 Å². The number of carbonyl (C=O) groups is 2. The predicted molar refractivity (Wildman–Crippen MR) is 83.5 cm³/mol. The highest BCUT2D eigenvalue weighted by Gasteiger charge is 2.36. The average Bonchev–Trinajstić information content (AvgIpc) is 2.81. The molecule has 21 heavy (non-hydrogen) atoms. The summed E-state index contributed by atoms with van der Waals surface area (Å²) in [4.78, 5) is 27.9. The van der Waals surface area contributed by atoms with E-state index in [0.717, 1.165) is 12.2 Å². The second-order valence-corrected chi connectivity index (χ2v) is 5.83. The van der Waals surface area contributed by atoms with Crippen LogP contribution in [0.5, 0.6) is 0 Å². The van der Waals surface area contributed by atoms with Gasteiger partial charge >= 0.3 is 0 Å². The molecule has 0 aliphatic carbocycles. The monoisotopic (exact) mass is 309 g/mol. The summed E-state index contributed by atoms with van der Waals surface area (Å²) < 4.78 is 0. The average molecular weight is 310 g/mol. The third-order valence-electron chi connectivity index (χ3n) is 3.48. The summed E-state index contributed by atoms with van der Waals surface area (Å²) in [5.41, 5.74) is 0.717. The summed E-state index contributed by atoms with van der Waals surface area (Å²) in [6.07, 6.45) is 0.948. The second-order valence-electron chi connectivity index (χ2n) is 5.39. The molecule has 1 aromatic carbocycles. The Hall–Kier alpha value is -1.59. The van der Waals surface area contributed by atoms with Crippen LogP contribution in [0.1, 0.15) is 12.8 Å². The van der Waals surface area contributed by atoms with Crippen LogP contribution in [-0.2, 0) is 9.59 Å². The van der Waals surface area contributed by atoms with Gasteiger partial charge in [0.05, 0.1) is 0 Å². The van der Waals surface area contributed by atoms with Crippen LogP contribution in [0.25, 0.3) is 0 Å². The van der Waals surface area contributed by atoms with Gasteiger partial charge in [-0.2, -0.15) is 0 Å². The van der Waals surface area contributed by atoms with Crippen LogP contribution in [-0.4, -0.2) is 49.9 Å². The van der Waals surface area contributed by atoms with E-state index < -0.39 is 6.04 Å². The number of likely N-dealkylation sites (N-methyl/N-ethyl adjacent to an activating group) is 1. The summed E-state index contributed by atoms with van der Waals surface area (Å²) in [7, 11) is 3.90. The third-order valence-corrected chi connectivity index (χ3v) is 3.73. The maximum absolute atomic E-state index is 12.3. The fourth-order valence-electron chi connectivity index (χ4n) is 2.38. The lowest BCUT2D eigenvalue weighted by atomic mass is 10.2. The van der Waals surface area contributed by atoms with Gasteiger partial charge < -0.3 is 10.2 Å². The van der Waals surface area contributed by atoms with E-state index in [2.05, 4.69) is 5.32 Å². The molecule has 1 aromatic rings. The fourth-order valence-corrected chi connectivity index (χ4v) is 2.50. The van der Waals surface area contributed by atoms with Gasteiger partial charge in [0, 0.05) is 30.2 Å². The smallest absolute Gasteiger partial charge is 0.243 e. The molecule has 1 atom stereocenters. The van der Waals surface area contributed by atoms with E-state index in [1.54, 1.807) is 29.2 Å². The number of nitrogens with one attached hydrogen (secondary N) is 1. The maximum Gasteiger partial charge on any atom is 0.243 e. The molecule has 1 fully saturated rings. The molecule has 2 amide bonds. The molecule has 114 valence electrons. The van der Waals surface area contributed by atoms with E-state index in [4.69, 9.17) is 11.6 Å². The predicted octanol–water partition coefficient (Wildman–Crippen LogP) is 1.51. The lowest BCUT2D eigenvalue weighted by molar-refractivity contribution is -0.123. The Morgan fingerprint density at radius 2 is 2.05 bits per heavy atom. The zero-order valence-corrected chi connectivity index (χ0v) is 13.1. The second kappa shape index (κ2) is 6.91. The molecule has 1 unspecified atom stereocenters. The lowest BCUT2D eigenvalue weighted by Gasteiger charge is -2.24. The molecule has 5 nitrogen and oxygen atoms in total. The molecular formula is C15H20ClN3O2. The molecule has 1 N–H and O–H groups in total. The minimum Gasteiger partial charge on any atom is -0.353 e. The van der Waals surface area contributed by atoms with E-state index in [-0.39, 0.29) is 11.8 Å². The van der Waals surface area contributed by atoms with Crippen LogP contribution in [0.2, 0.25) is 5.02 Å². The molecule has 2 rings (SSSR count). The van der Waals surface area contributed by atoms with Crippen LogP contribution in [0.4, 0.5) is 5.69 Å². The number of anilines is 1. The van der Waals surface area contributed by atoms with Gasteiger partial charge in [0.2, 0.25) is 11.8 Å². The van der Waals surface area contributed by atoms with Crippen molar-refractivity contribution in [1.82, 2.24) is 10.2 Å². The van der Waals surface area contributed by atoms with Crippen molar-refractivity contribution < 1.29 is 9.59 Å². The van der Waals surface area contributed by atoms with Crippen molar-refractivity contribution in [1.29, 1.82) is 0 Å². The Labute approximate surface area is 129 Å². The molecule has 1 aliphatic rings. The first kappa shape index (κ1) is 15.8. The minimum atomic E-state index is -0.430. The van der Waals surface area contributed by atoms with Gasteiger partial charge in [-0.1, -0.05) is 11.6 Å². The van der Waals surface area contributed by atoms with Crippen molar-refractivity contribution >= 4 is 29.1 Å². The molecule has 1 saturated heterocycles. The van der Waals surface area contributed by atoms with Crippen molar-refractivity contribution in [2.24, 2.45) is 0 Å². The van der Waals surface area contributed by atoms with Crippen LogP contribution < -0.4 is 10.2 Å². The molecule has 0 radical (unpaired) electrons. The van der Waals surface area contributed by atoms with E-state index in [9.17, 15) is 9.59 Å². The van der Waals surface area contributed by atoms with Gasteiger partial charge in [0.15, 0.2) is 0 Å². The normalized spacial score (nSPS) is 18.4. The van der Waals surface area contributed by atoms with Crippen molar-refractivity contribution in [2.45, 2.75) is 18.9 Å². The molecular weight excluding hydrogens is 290 g/mol. The third kappa shape index (κ3) is 3.95. The molecule has 0 spiro atoms. The van der Waals surface area contributed by atoms with Crippen molar-refractivity contribution in [2.75, 3.05) is 32.1 Å². The summed E-state index contributed by atoms with van der Waals surface area (Å²) in [5, 5.41) is 3.50. The van der Waals surface area contributed by atoms with Crippen molar-refractivity contribution in [3.05, 3.63) is 29.3 Å². The van der Waals surface area contributed by atoms with Crippen LogP contribution in [0.15, 0.2) is 24.3 Å². The summed E-state index contributed by atoms with van der Waals surface area (Å²) >= 11 is 5.86. The Kier molecular flexibility index (Phi) is 5.20. The highest BCUT2D eigenvalue weighted by Crippen LogP contribution is 2.27. The minimum absolute atomic E-state index is 0.0231. The Balaban J connectivity index is 2.06. The highest BCUT2D eigenvalue weighted by atomic mass is 35.5. The summed E-state index contributed by atoms with van der Waals surface area (Å²) in [6, 6.07) is 6.56. The maximum atomic E-state index is 12.3. The lowest BCUT2D eigenvalue weighted by Crippen LogP contribution is -2.46. The molecule has 0 bridgehead atoms. The van der Waals surface area contributed by atoms with Gasteiger partial charge in [-0.3, -0.25) is 14.5 Å². The summed E-state index contributed by atoms with van der Waals surface area (Å²) in [6.45, 7) is 1.35. The van der Waals surface area contributed by atoms with E-state index in [1.807, 2.05) is 19.0 Å². The number of amides is 2. The van der Waals surface area contributed by atoms with Crippen molar-refractivity contribution in [3.8, 4) is 0 Å². The number of benzene rings is 1. The molecule has 1 aliphatic heterocycles. The van der Waals surface area contributed by atoms with E-state index >= 15 is 0 Å². The van der Waals surface area contributed by atoms with Crippen LogP contribution in [0, 0.1) is 0 Å². The molecule has 1 heterocycles. The Bertz CT molecular complexity index is 516.